The van der Waals surface area contributed by atoms with Crippen molar-refractivity contribution in [2.24, 2.45) is 17.6 Å². The van der Waals surface area contributed by atoms with Crippen LogP contribution >= 0.6 is 0 Å². The van der Waals surface area contributed by atoms with Crippen LogP contribution in [0, 0.1) is 11.8 Å². The van der Waals surface area contributed by atoms with E-state index in [0.717, 1.165) is 32.7 Å². The molecule has 1 fully saturated rings. The summed E-state index contributed by atoms with van der Waals surface area (Å²) in [5, 5.41) is 0. The minimum Gasteiger partial charge on any atom is -0.341 e. The smallest absolute Gasteiger partial charge is 0.239 e. The molecule has 0 bridgehead atoms. The van der Waals surface area contributed by atoms with E-state index in [4.69, 9.17) is 5.73 Å². The second kappa shape index (κ2) is 9.19. The first-order valence-corrected chi connectivity index (χ1v) is 9.32. The lowest BCUT2D eigenvalue weighted by atomic mass is 9.96. The van der Waals surface area contributed by atoms with Gasteiger partial charge in [0.2, 0.25) is 5.91 Å². The van der Waals surface area contributed by atoms with Crippen molar-refractivity contribution in [2.45, 2.75) is 46.2 Å². The van der Waals surface area contributed by atoms with Crippen LogP contribution in [0.3, 0.4) is 0 Å². The Morgan fingerprint density at radius 3 is 2.67 bits per heavy atom. The molecule has 2 N–H and O–H groups in total. The summed E-state index contributed by atoms with van der Waals surface area (Å²) in [6, 6.07) is 10.3. The van der Waals surface area contributed by atoms with E-state index in [2.05, 4.69) is 42.2 Å². The first-order valence-electron chi connectivity index (χ1n) is 9.32. The first-order chi connectivity index (χ1) is 11.5. The number of carbonyl (C=O) groups excluding carboxylic acids is 1. The van der Waals surface area contributed by atoms with E-state index in [9.17, 15) is 4.79 Å². The number of piperidine rings is 1. The molecule has 0 aliphatic carbocycles. The fraction of sp³-hybridized carbons (Fsp3) is 0.650. The molecule has 4 heteroatoms. The molecule has 0 unspecified atom stereocenters. The van der Waals surface area contributed by atoms with Gasteiger partial charge < -0.3 is 10.6 Å². The van der Waals surface area contributed by atoms with E-state index in [1.54, 1.807) is 0 Å². The first kappa shape index (κ1) is 18.9. The van der Waals surface area contributed by atoms with E-state index in [1.165, 1.54) is 18.4 Å². The summed E-state index contributed by atoms with van der Waals surface area (Å²) in [6.07, 6.45) is 2.41. The Hall–Kier alpha value is -1.39. The van der Waals surface area contributed by atoms with Crippen molar-refractivity contribution in [2.75, 3.05) is 26.2 Å². The molecular weight excluding hydrogens is 298 g/mol. The second-order valence-electron chi connectivity index (χ2n) is 7.38. The maximum Gasteiger partial charge on any atom is 0.239 e. The average molecular weight is 332 g/mol. The molecule has 1 aliphatic heterocycles. The van der Waals surface area contributed by atoms with Crippen LogP contribution < -0.4 is 5.73 Å². The van der Waals surface area contributed by atoms with Crippen molar-refractivity contribution in [1.29, 1.82) is 0 Å². The number of nitrogens with zero attached hydrogens (tertiary/aromatic N) is 2. The Morgan fingerprint density at radius 2 is 2.04 bits per heavy atom. The largest absolute Gasteiger partial charge is 0.341 e. The van der Waals surface area contributed by atoms with Crippen LogP contribution in [0.15, 0.2) is 30.3 Å². The van der Waals surface area contributed by atoms with E-state index in [-0.39, 0.29) is 17.9 Å². The molecular formula is C20H33N3O. The van der Waals surface area contributed by atoms with Gasteiger partial charge in [-0.1, -0.05) is 44.2 Å². The summed E-state index contributed by atoms with van der Waals surface area (Å²) in [5.41, 5.74) is 7.43. The fourth-order valence-electron chi connectivity index (χ4n) is 3.47. The maximum absolute atomic E-state index is 12.5. The molecule has 1 saturated heterocycles. The lowest BCUT2D eigenvalue weighted by molar-refractivity contribution is -0.134. The number of likely N-dealkylation sites (tertiary alicyclic amines) is 1. The summed E-state index contributed by atoms with van der Waals surface area (Å²) >= 11 is 0. The quantitative estimate of drug-likeness (QED) is 0.836. The Kier molecular flexibility index (Phi) is 7.25. The molecule has 2 rings (SSSR count). The molecule has 4 nitrogen and oxygen atoms in total. The number of hydrogen-bond donors (Lipinski definition) is 1. The third-order valence-electron chi connectivity index (χ3n) is 5.03. The predicted molar refractivity (Wildman–Crippen MR) is 99.5 cm³/mol. The zero-order chi connectivity index (χ0) is 17.5. The van der Waals surface area contributed by atoms with Crippen molar-refractivity contribution in [3.8, 4) is 0 Å². The topological polar surface area (TPSA) is 49.6 Å². The van der Waals surface area contributed by atoms with E-state index >= 15 is 0 Å². The number of nitrogens with two attached hydrogens (primary N) is 1. The SMILES string of the molecule is CCN(C[C@H]1CCCN(Cc2ccccc2)C1)C(=O)[C@@H](N)C(C)C. The number of amides is 1. The minimum atomic E-state index is -0.381. The zero-order valence-corrected chi connectivity index (χ0v) is 15.4. The van der Waals surface area contributed by atoms with Crippen LogP contribution in [-0.2, 0) is 11.3 Å². The highest BCUT2D eigenvalue weighted by Crippen LogP contribution is 2.20. The van der Waals surface area contributed by atoms with Gasteiger partial charge in [-0.25, -0.2) is 0 Å². The summed E-state index contributed by atoms with van der Waals surface area (Å²) < 4.78 is 0. The van der Waals surface area contributed by atoms with E-state index in [1.807, 2.05) is 18.7 Å². The van der Waals surface area contributed by atoms with Gasteiger partial charge in [-0.3, -0.25) is 9.69 Å². The van der Waals surface area contributed by atoms with Gasteiger partial charge in [0, 0.05) is 26.2 Å². The van der Waals surface area contributed by atoms with Crippen LogP contribution in [-0.4, -0.2) is 47.9 Å². The number of benzene rings is 1. The molecule has 1 aromatic rings. The third kappa shape index (κ3) is 5.32. The van der Waals surface area contributed by atoms with Crippen LogP contribution in [0.25, 0.3) is 0 Å². The lowest BCUT2D eigenvalue weighted by Crippen LogP contribution is -2.49. The van der Waals surface area contributed by atoms with Gasteiger partial charge in [-0.15, -0.1) is 0 Å². The molecule has 2 atom stereocenters. The molecule has 1 aliphatic rings. The molecule has 0 radical (unpaired) electrons. The van der Waals surface area contributed by atoms with Crippen molar-refractivity contribution in [3.63, 3.8) is 0 Å². The zero-order valence-electron chi connectivity index (χ0n) is 15.4. The summed E-state index contributed by atoms with van der Waals surface area (Å²) in [7, 11) is 0. The van der Waals surface area contributed by atoms with Crippen molar-refractivity contribution in [1.82, 2.24) is 9.80 Å². The van der Waals surface area contributed by atoms with Crippen molar-refractivity contribution in [3.05, 3.63) is 35.9 Å². The maximum atomic E-state index is 12.5. The van der Waals surface area contributed by atoms with Crippen LogP contribution in [0.2, 0.25) is 0 Å². The lowest BCUT2D eigenvalue weighted by Gasteiger charge is -2.36. The molecule has 1 amide bonds. The van der Waals surface area contributed by atoms with Gasteiger partial charge >= 0.3 is 0 Å². The summed E-state index contributed by atoms with van der Waals surface area (Å²) in [6.45, 7) is 10.9. The van der Waals surface area contributed by atoms with Crippen LogP contribution in [0.4, 0.5) is 0 Å². The molecule has 0 saturated carbocycles. The minimum absolute atomic E-state index is 0.104. The molecule has 24 heavy (non-hydrogen) atoms. The third-order valence-corrected chi connectivity index (χ3v) is 5.03. The van der Waals surface area contributed by atoms with Gasteiger partial charge in [0.15, 0.2) is 0 Å². The predicted octanol–water partition coefficient (Wildman–Crippen LogP) is 2.73. The number of carbonyl (C=O) groups is 1. The Bertz CT molecular complexity index is 503. The van der Waals surface area contributed by atoms with Crippen LogP contribution in [0.1, 0.15) is 39.2 Å². The Morgan fingerprint density at radius 1 is 1.33 bits per heavy atom. The van der Waals surface area contributed by atoms with Gasteiger partial charge in [0.25, 0.3) is 0 Å². The number of likely N-dealkylation sites (N-methyl/N-ethyl adjacent to an activating group) is 1. The highest BCUT2D eigenvalue weighted by Gasteiger charge is 2.27. The van der Waals surface area contributed by atoms with Gasteiger partial charge in [-0.2, -0.15) is 0 Å². The Balaban J connectivity index is 1.90. The average Bonchev–Trinajstić information content (AvgIpc) is 2.59. The fourth-order valence-corrected chi connectivity index (χ4v) is 3.47. The van der Waals surface area contributed by atoms with Gasteiger partial charge in [-0.05, 0) is 43.7 Å². The summed E-state index contributed by atoms with van der Waals surface area (Å²) in [5.74, 6) is 0.839. The van der Waals surface area contributed by atoms with Gasteiger partial charge in [0.1, 0.15) is 0 Å². The molecule has 1 heterocycles. The highest BCUT2D eigenvalue weighted by atomic mass is 16.2. The standard InChI is InChI=1S/C20H33N3O/c1-4-23(20(24)19(21)16(2)3)15-18-11-8-12-22(14-18)13-17-9-6-5-7-10-17/h5-7,9-10,16,18-19H,4,8,11-15,21H2,1-3H3/t18-,19-/m0/s1. The summed E-state index contributed by atoms with van der Waals surface area (Å²) in [4.78, 5) is 17.0. The molecule has 134 valence electrons. The second-order valence-corrected chi connectivity index (χ2v) is 7.38. The molecule has 0 aromatic heterocycles. The molecule has 1 aromatic carbocycles. The number of hydrogen-bond acceptors (Lipinski definition) is 3. The molecule has 0 spiro atoms. The van der Waals surface area contributed by atoms with E-state index in [0.29, 0.717) is 5.92 Å². The van der Waals surface area contributed by atoms with Gasteiger partial charge in [0.05, 0.1) is 6.04 Å². The van der Waals surface area contributed by atoms with E-state index < -0.39 is 0 Å². The number of rotatable bonds is 7. The van der Waals surface area contributed by atoms with Crippen molar-refractivity contribution < 1.29 is 4.79 Å². The van der Waals surface area contributed by atoms with Crippen molar-refractivity contribution >= 4 is 5.91 Å². The Labute approximate surface area is 147 Å². The highest BCUT2D eigenvalue weighted by molar-refractivity contribution is 5.81. The normalized spacial score (nSPS) is 20.1. The monoisotopic (exact) mass is 331 g/mol. The van der Waals surface area contributed by atoms with Crippen LogP contribution in [0.5, 0.6) is 0 Å².